The SMILES string of the molecule is CCC(=Cc1sc2cc(C)c(C)cc2[n+]1CCCCOS(=O)O)C=C1Oc2ccc(-c3ccccc3)cc2N1CCS(=O)(=O)O. The van der Waals surface area contributed by atoms with Crippen molar-refractivity contribution in [3.8, 4) is 16.9 Å². The fourth-order valence-corrected chi connectivity index (χ4v) is 7.13. The van der Waals surface area contributed by atoms with E-state index in [1.165, 1.54) is 11.1 Å². The van der Waals surface area contributed by atoms with Crippen LogP contribution in [0.2, 0.25) is 0 Å². The maximum atomic E-state index is 11.8. The van der Waals surface area contributed by atoms with Crippen LogP contribution in [-0.2, 0) is 32.2 Å². The predicted octanol–water partition coefficient (Wildman–Crippen LogP) is 6.83. The fraction of sp³-hybridized carbons (Fsp3) is 0.303. The Kier molecular flexibility index (Phi) is 10.5. The number of anilines is 1. The summed E-state index contributed by atoms with van der Waals surface area (Å²) >= 11 is -0.580. The van der Waals surface area contributed by atoms with Gasteiger partial charge < -0.3 is 9.64 Å². The monoisotopic (exact) mass is 669 g/mol. The maximum Gasteiger partial charge on any atom is 0.301 e. The normalized spacial score (nSPS) is 15.1. The van der Waals surface area contributed by atoms with Crippen LogP contribution in [0.15, 0.2) is 78.2 Å². The van der Waals surface area contributed by atoms with Crippen LogP contribution in [-0.4, -0.2) is 40.6 Å². The number of ether oxygens (including phenoxy) is 1. The van der Waals surface area contributed by atoms with Crippen molar-refractivity contribution in [3.63, 3.8) is 0 Å². The lowest BCUT2D eigenvalue weighted by Gasteiger charge is -2.18. The molecule has 0 fully saturated rings. The second kappa shape index (κ2) is 14.4. The molecule has 0 amide bonds. The Hall–Kier alpha value is -3.39. The summed E-state index contributed by atoms with van der Waals surface area (Å²) in [7, 11) is -4.21. The first-order chi connectivity index (χ1) is 21.5. The molecule has 0 spiro atoms. The number of allylic oxidation sites excluding steroid dienone is 2. The third kappa shape index (κ3) is 8.26. The molecule has 1 aliphatic rings. The van der Waals surface area contributed by atoms with E-state index < -0.39 is 27.2 Å². The number of aryl methyl sites for hydroxylation is 3. The fourth-order valence-electron chi connectivity index (χ4n) is 5.21. The zero-order valence-electron chi connectivity index (χ0n) is 25.4. The van der Waals surface area contributed by atoms with Gasteiger partial charge in [0.1, 0.15) is 4.70 Å². The average Bonchev–Trinajstić information content (AvgIpc) is 3.51. The zero-order chi connectivity index (χ0) is 32.1. The highest BCUT2D eigenvalue weighted by Gasteiger charge is 2.28. The van der Waals surface area contributed by atoms with E-state index >= 15 is 0 Å². The standard InChI is InChI=1S/C33H36N2O7S3/c1-4-25(21-33-35(14-8-9-16-41-44(36)37)29-18-23(2)24(3)19-31(29)43-33)20-32-34(15-17-45(38,39)40)28-22-27(12-13-30(28)42-32)26-10-6-5-7-11-26/h5-7,10-13,18-22H,4,8-9,14-17H2,1-3H3,(H-,36,37,38,39,40)/p+1. The number of benzene rings is 3. The van der Waals surface area contributed by atoms with Crippen LogP contribution < -0.4 is 14.2 Å². The van der Waals surface area contributed by atoms with Crippen molar-refractivity contribution in [2.75, 3.05) is 23.8 Å². The van der Waals surface area contributed by atoms with E-state index in [4.69, 9.17) is 13.5 Å². The summed E-state index contributed by atoms with van der Waals surface area (Å²) < 4.78 is 67.4. The van der Waals surface area contributed by atoms with Crippen molar-refractivity contribution >= 4 is 54.8 Å². The Morgan fingerprint density at radius 2 is 1.82 bits per heavy atom. The van der Waals surface area contributed by atoms with Gasteiger partial charge in [-0.1, -0.05) is 54.7 Å². The van der Waals surface area contributed by atoms with Gasteiger partial charge in [-0.3, -0.25) is 13.3 Å². The Bertz CT molecular complexity index is 1880. The van der Waals surface area contributed by atoms with Crippen LogP contribution in [0.1, 0.15) is 42.3 Å². The van der Waals surface area contributed by atoms with Crippen molar-refractivity contribution in [2.24, 2.45) is 0 Å². The zero-order valence-corrected chi connectivity index (χ0v) is 27.9. The van der Waals surface area contributed by atoms with E-state index in [2.05, 4.69) is 43.5 Å². The minimum atomic E-state index is -4.21. The van der Waals surface area contributed by atoms with Gasteiger partial charge in [0.15, 0.2) is 12.3 Å². The summed E-state index contributed by atoms with van der Waals surface area (Å²) in [5.41, 5.74) is 7.23. The van der Waals surface area contributed by atoms with Crippen LogP contribution in [0.4, 0.5) is 5.69 Å². The highest BCUT2D eigenvalue weighted by molar-refractivity contribution is 7.85. The molecular formula is C33H37N2O7S3+. The van der Waals surface area contributed by atoms with Gasteiger partial charge in [-0.15, -0.1) is 0 Å². The highest BCUT2D eigenvalue weighted by atomic mass is 32.2. The minimum Gasteiger partial charge on any atom is -0.439 e. The number of thiazole rings is 1. The van der Waals surface area contributed by atoms with Gasteiger partial charge in [-0.2, -0.15) is 17.2 Å². The number of unbranched alkanes of at least 4 members (excludes halogenated alkanes) is 1. The van der Waals surface area contributed by atoms with E-state index in [1.807, 2.05) is 54.6 Å². The van der Waals surface area contributed by atoms with E-state index in [9.17, 15) is 17.2 Å². The summed E-state index contributed by atoms with van der Waals surface area (Å²) in [5, 5.41) is 1.04. The van der Waals surface area contributed by atoms with Crippen LogP contribution >= 0.6 is 11.3 Å². The van der Waals surface area contributed by atoms with Gasteiger partial charge in [0.2, 0.25) is 11.4 Å². The van der Waals surface area contributed by atoms with Gasteiger partial charge >= 0.3 is 11.4 Å². The van der Waals surface area contributed by atoms with Crippen LogP contribution in [0.25, 0.3) is 27.4 Å². The predicted molar refractivity (Wildman–Crippen MR) is 180 cm³/mol. The molecule has 2 heterocycles. The first-order valence-electron chi connectivity index (χ1n) is 14.7. The molecule has 1 aliphatic heterocycles. The molecule has 3 aromatic carbocycles. The van der Waals surface area contributed by atoms with Crippen LogP contribution in [0.3, 0.4) is 0 Å². The minimum absolute atomic E-state index is 0.0229. The quantitative estimate of drug-likeness (QED) is 0.0689. The van der Waals surface area contributed by atoms with Gasteiger partial charge in [-0.25, -0.2) is 0 Å². The molecule has 1 aromatic heterocycles. The smallest absolute Gasteiger partial charge is 0.301 e. The number of hydrogen-bond donors (Lipinski definition) is 2. The third-order valence-corrected chi connectivity index (χ3v) is 9.90. The number of fused-ring (bicyclic) bond motifs is 2. The van der Waals surface area contributed by atoms with Gasteiger partial charge in [-0.05, 0) is 72.7 Å². The summed E-state index contributed by atoms with van der Waals surface area (Å²) in [6.45, 7) is 7.17. The van der Waals surface area contributed by atoms with E-state index in [1.54, 1.807) is 16.2 Å². The molecule has 0 radical (unpaired) electrons. The topological polar surface area (TPSA) is 117 Å². The number of aromatic nitrogens is 1. The molecule has 238 valence electrons. The Morgan fingerprint density at radius 1 is 1.07 bits per heavy atom. The number of rotatable bonds is 13. The molecule has 2 N–H and O–H groups in total. The van der Waals surface area contributed by atoms with Gasteiger partial charge in [0.25, 0.3) is 15.1 Å². The van der Waals surface area contributed by atoms with Crippen LogP contribution in [0.5, 0.6) is 5.75 Å². The second-order valence-corrected chi connectivity index (χ2v) is 14.2. The molecule has 0 saturated carbocycles. The van der Waals surface area contributed by atoms with Crippen molar-refractivity contribution in [1.82, 2.24) is 0 Å². The average molecular weight is 670 g/mol. The van der Waals surface area contributed by atoms with Crippen molar-refractivity contribution in [2.45, 2.75) is 46.6 Å². The molecule has 0 aliphatic carbocycles. The molecule has 5 rings (SSSR count). The van der Waals surface area contributed by atoms with Crippen molar-refractivity contribution in [3.05, 3.63) is 94.3 Å². The molecular weight excluding hydrogens is 633 g/mol. The van der Waals surface area contributed by atoms with Crippen LogP contribution in [0, 0.1) is 13.8 Å². The molecule has 1 atom stereocenters. The Labute approximate surface area is 270 Å². The lowest BCUT2D eigenvalue weighted by atomic mass is 10.0. The van der Waals surface area contributed by atoms with Crippen molar-refractivity contribution in [1.29, 1.82) is 0 Å². The summed E-state index contributed by atoms with van der Waals surface area (Å²) in [5.74, 6) is 0.650. The van der Waals surface area contributed by atoms with E-state index in [0.29, 0.717) is 31.0 Å². The highest BCUT2D eigenvalue weighted by Crippen LogP contribution is 2.42. The van der Waals surface area contributed by atoms with Crippen molar-refractivity contribution < 1.29 is 35.2 Å². The second-order valence-electron chi connectivity index (χ2n) is 10.9. The molecule has 4 aromatic rings. The lowest BCUT2D eigenvalue weighted by Crippen LogP contribution is -2.35. The van der Waals surface area contributed by atoms with Gasteiger partial charge in [0, 0.05) is 31.2 Å². The third-order valence-electron chi connectivity index (χ3n) is 7.74. The van der Waals surface area contributed by atoms with E-state index in [-0.39, 0.29) is 13.2 Å². The first kappa shape index (κ1) is 33.0. The summed E-state index contributed by atoms with van der Waals surface area (Å²) in [4.78, 5) is 1.80. The number of hydrogen-bond acceptors (Lipinski definition) is 7. The lowest BCUT2D eigenvalue weighted by molar-refractivity contribution is -0.669. The number of nitrogens with zero attached hydrogens (tertiary/aromatic N) is 2. The Balaban J connectivity index is 1.51. The largest absolute Gasteiger partial charge is 0.439 e. The molecule has 0 bridgehead atoms. The molecule has 9 nitrogen and oxygen atoms in total. The summed E-state index contributed by atoms with van der Waals surface area (Å²) in [6.07, 6.45) is 6.14. The van der Waals surface area contributed by atoms with Gasteiger partial charge in [0.05, 0.1) is 18.0 Å². The molecule has 1 unspecified atom stereocenters. The molecule has 12 heteroatoms. The Morgan fingerprint density at radius 3 is 2.53 bits per heavy atom. The summed E-state index contributed by atoms with van der Waals surface area (Å²) in [6, 6.07) is 20.1. The molecule has 0 saturated heterocycles. The first-order valence-corrected chi connectivity index (χ1v) is 18.2. The van der Waals surface area contributed by atoms with E-state index in [0.717, 1.165) is 44.0 Å². The maximum absolute atomic E-state index is 11.8. The molecule has 45 heavy (non-hydrogen) atoms.